The van der Waals surface area contributed by atoms with E-state index in [0.29, 0.717) is 5.82 Å². The number of hydrogen-bond donors (Lipinski definition) is 1. The Morgan fingerprint density at radius 2 is 2.17 bits per heavy atom. The number of nitrogens with two attached hydrogens (primary N) is 1. The molecule has 6 nitrogen and oxygen atoms in total. The fraction of sp³-hybridized carbons (Fsp3) is 0.333. The van der Waals surface area contributed by atoms with Gasteiger partial charge in [-0.05, 0) is 12.8 Å². The van der Waals surface area contributed by atoms with Crippen LogP contribution in [0.15, 0.2) is 31.0 Å². The zero-order valence-corrected chi connectivity index (χ0v) is 9.90. The molecule has 18 heavy (non-hydrogen) atoms. The molecule has 0 bridgehead atoms. The van der Waals surface area contributed by atoms with Gasteiger partial charge in [0.15, 0.2) is 0 Å². The molecule has 2 aromatic rings. The highest BCUT2D eigenvalue weighted by Gasteiger charge is 2.28. The number of anilines is 2. The van der Waals surface area contributed by atoms with Gasteiger partial charge in [0, 0.05) is 25.0 Å². The normalized spacial score (nSPS) is 19.1. The molecule has 1 aliphatic heterocycles. The molecular weight excluding hydrogens is 228 g/mol. The first-order valence-corrected chi connectivity index (χ1v) is 5.94. The SMILES string of the molecule is Nc1cc(N2CCC[C@H]2c2cnccn2)ncn1. The van der Waals surface area contributed by atoms with Crippen molar-refractivity contribution in [3.63, 3.8) is 0 Å². The zero-order valence-electron chi connectivity index (χ0n) is 9.90. The lowest BCUT2D eigenvalue weighted by molar-refractivity contribution is 0.682. The summed E-state index contributed by atoms with van der Waals surface area (Å²) in [5.41, 5.74) is 6.68. The van der Waals surface area contributed by atoms with Crippen LogP contribution in [0.1, 0.15) is 24.6 Å². The summed E-state index contributed by atoms with van der Waals surface area (Å²) in [6, 6.07) is 2.03. The lowest BCUT2D eigenvalue weighted by Gasteiger charge is -2.24. The Bertz CT molecular complexity index is 529. The maximum absolute atomic E-state index is 5.70. The second-order valence-corrected chi connectivity index (χ2v) is 4.28. The zero-order chi connectivity index (χ0) is 12.4. The second kappa shape index (κ2) is 4.56. The van der Waals surface area contributed by atoms with Crippen LogP contribution in [0.2, 0.25) is 0 Å². The third kappa shape index (κ3) is 1.97. The van der Waals surface area contributed by atoms with Crippen molar-refractivity contribution in [1.29, 1.82) is 0 Å². The lowest BCUT2D eigenvalue weighted by Crippen LogP contribution is -2.24. The summed E-state index contributed by atoms with van der Waals surface area (Å²) in [5.74, 6) is 1.35. The average Bonchev–Trinajstić information content (AvgIpc) is 2.89. The molecule has 0 aromatic carbocycles. The highest BCUT2D eigenvalue weighted by Crippen LogP contribution is 2.33. The molecule has 0 radical (unpaired) electrons. The van der Waals surface area contributed by atoms with Crippen molar-refractivity contribution in [2.24, 2.45) is 0 Å². The van der Waals surface area contributed by atoms with E-state index in [9.17, 15) is 0 Å². The molecule has 2 aromatic heterocycles. The van der Waals surface area contributed by atoms with Gasteiger partial charge < -0.3 is 10.6 Å². The first-order chi connectivity index (χ1) is 8.84. The molecule has 0 spiro atoms. The molecule has 92 valence electrons. The van der Waals surface area contributed by atoms with E-state index in [2.05, 4.69) is 24.8 Å². The maximum atomic E-state index is 5.70. The third-order valence-electron chi connectivity index (χ3n) is 3.15. The van der Waals surface area contributed by atoms with Crippen LogP contribution >= 0.6 is 0 Å². The minimum atomic E-state index is 0.230. The Hall–Kier alpha value is -2.24. The summed E-state index contributed by atoms with van der Waals surface area (Å²) in [6.45, 7) is 0.956. The van der Waals surface area contributed by atoms with E-state index in [4.69, 9.17) is 5.73 Å². The fourth-order valence-corrected chi connectivity index (χ4v) is 2.35. The van der Waals surface area contributed by atoms with E-state index in [1.54, 1.807) is 18.5 Å². The highest BCUT2D eigenvalue weighted by atomic mass is 15.2. The minimum Gasteiger partial charge on any atom is -0.384 e. The Morgan fingerprint density at radius 3 is 2.94 bits per heavy atom. The molecule has 0 unspecified atom stereocenters. The predicted octanol–water partition coefficient (Wildman–Crippen LogP) is 1.19. The highest BCUT2D eigenvalue weighted by molar-refractivity contribution is 5.48. The quantitative estimate of drug-likeness (QED) is 0.852. The van der Waals surface area contributed by atoms with Crippen LogP contribution in [0.4, 0.5) is 11.6 Å². The molecule has 0 aliphatic carbocycles. The average molecular weight is 242 g/mol. The first kappa shape index (κ1) is 10.9. The number of nitrogen functional groups attached to an aromatic ring is 1. The summed E-state index contributed by atoms with van der Waals surface area (Å²) in [7, 11) is 0. The summed E-state index contributed by atoms with van der Waals surface area (Å²) >= 11 is 0. The van der Waals surface area contributed by atoms with Gasteiger partial charge in [0.1, 0.15) is 18.0 Å². The van der Waals surface area contributed by atoms with E-state index >= 15 is 0 Å². The van der Waals surface area contributed by atoms with Gasteiger partial charge in [-0.1, -0.05) is 0 Å². The van der Waals surface area contributed by atoms with Gasteiger partial charge >= 0.3 is 0 Å². The monoisotopic (exact) mass is 242 g/mol. The molecule has 3 heterocycles. The van der Waals surface area contributed by atoms with E-state index in [1.807, 2.05) is 6.20 Å². The number of nitrogens with zero attached hydrogens (tertiary/aromatic N) is 5. The topological polar surface area (TPSA) is 80.8 Å². The summed E-state index contributed by atoms with van der Waals surface area (Å²) in [5, 5.41) is 0. The van der Waals surface area contributed by atoms with Crippen LogP contribution in [-0.2, 0) is 0 Å². The smallest absolute Gasteiger partial charge is 0.134 e. The van der Waals surface area contributed by atoms with Crippen molar-refractivity contribution in [1.82, 2.24) is 19.9 Å². The van der Waals surface area contributed by atoms with E-state index in [1.165, 1.54) is 6.33 Å². The van der Waals surface area contributed by atoms with E-state index in [-0.39, 0.29) is 6.04 Å². The minimum absolute atomic E-state index is 0.230. The Labute approximate surface area is 105 Å². The molecule has 0 saturated carbocycles. The summed E-state index contributed by atoms with van der Waals surface area (Å²) in [4.78, 5) is 18.9. The van der Waals surface area contributed by atoms with E-state index < -0.39 is 0 Å². The summed E-state index contributed by atoms with van der Waals surface area (Å²) < 4.78 is 0. The van der Waals surface area contributed by atoms with Crippen molar-refractivity contribution < 1.29 is 0 Å². The molecule has 1 fully saturated rings. The van der Waals surface area contributed by atoms with Crippen molar-refractivity contribution in [2.75, 3.05) is 17.2 Å². The Morgan fingerprint density at radius 1 is 1.22 bits per heavy atom. The molecular formula is C12H14N6. The Kier molecular flexibility index (Phi) is 2.76. The molecule has 2 N–H and O–H groups in total. The van der Waals surface area contributed by atoms with E-state index in [0.717, 1.165) is 30.9 Å². The van der Waals surface area contributed by atoms with Gasteiger partial charge in [-0.2, -0.15) is 0 Å². The van der Waals surface area contributed by atoms with Crippen molar-refractivity contribution >= 4 is 11.6 Å². The van der Waals surface area contributed by atoms with Crippen molar-refractivity contribution in [2.45, 2.75) is 18.9 Å². The van der Waals surface area contributed by atoms with Crippen LogP contribution in [-0.4, -0.2) is 26.5 Å². The van der Waals surface area contributed by atoms with Gasteiger partial charge in [-0.15, -0.1) is 0 Å². The molecule has 1 saturated heterocycles. The molecule has 6 heteroatoms. The Balaban J connectivity index is 1.92. The van der Waals surface area contributed by atoms with Crippen molar-refractivity contribution in [3.8, 4) is 0 Å². The van der Waals surface area contributed by atoms with Gasteiger partial charge in [-0.25, -0.2) is 9.97 Å². The van der Waals surface area contributed by atoms with Crippen LogP contribution in [0.5, 0.6) is 0 Å². The number of hydrogen-bond acceptors (Lipinski definition) is 6. The third-order valence-corrected chi connectivity index (χ3v) is 3.15. The maximum Gasteiger partial charge on any atom is 0.134 e. The number of aromatic nitrogens is 4. The van der Waals surface area contributed by atoms with Crippen molar-refractivity contribution in [3.05, 3.63) is 36.7 Å². The molecule has 3 rings (SSSR count). The second-order valence-electron chi connectivity index (χ2n) is 4.28. The molecule has 1 aliphatic rings. The van der Waals surface area contributed by atoms with Crippen LogP contribution in [0.25, 0.3) is 0 Å². The molecule has 1 atom stereocenters. The fourth-order valence-electron chi connectivity index (χ4n) is 2.35. The van der Waals surface area contributed by atoms with Gasteiger partial charge in [0.25, 0.3) is 0 Å². The van der Waals surface area contributed by atoms with Crippen LogP contribution < -0.4 is 10.6 Å². The van der Waals surface area contributed by atoms with Gasteiger partial charge in [0.05, 0.1) is 17.9 Å². The van der Waals surface area contributed by atoms with Crippen LogP contribution in [0.3, 0.4) is 0 Å². The predicted molar refractivity (Wildman–Crippen MR) is 67.8 cm³/mol. The standard InChI is InChI=1S/C12H14N6/c13-11-6-12(17-8-16-11)18-5-1-2-10(18)9-7-14-3-4-15-9/h3-4,6-8,10H,1-2,5H2,(H2,13,16,17)/t10-/m0/s1. The number of rotatable bonds is 2. The van der Waals surface area contributed by atoms with Crippen LogP contribution in [0, 0.1) is 0 Å². The lowest BCUT2D eigenvalue weighted by atomic mass is 10.1. The largest absolute Gasteiger partial charge is 0.384 e. The van der Waals surface area contributed by atoms with Gasteiger partial charge in [-0.3, -0.25) is 9.97 Å². The first-order valence-electron chi connectivity index (χ1n) is 5.94. The van der Waals surface area contributed by atoms with Gasteiger partial charge in [0.2, 0.25) is 0 Å². The molecule has 0 amide bonds. The summed E-state index contributed by atoms with van der Waals surface area (Å²) in [6.07, 6.45) is 8.89.